The highest BCUT2D eigenvalue weighted by Gasteiger charge is 2.27. The van der Waals surface area contributed by atoms with E-state index < -0.39 is 0 Å². The van der Waals surface area contributed by atoms with E-state index in [-0.39, 0.29) is 17.8 Å². The molecule has 7 heteroatoms. The third kappa shape index (κ3) is 7.31. The summed E-state index contributed by atoms with van der Waals surface area (Å²) in [7, 11) is 0. The number of amides is 1. The van der Waals surface area contributed by atoms with Crippen LogP contribution >= 0.6 is 12.2 Å². The number of esters is 1. The van der Waals surface area contributed by atoms with Gasteiger partial charge in [-0.15, -0.1) is 0 Å². The van der Waals surface area contributed by atoms with Crippen molar-refractivity contribution in [1.29, 1.82) is 0 Å². The van der Waals surface area contributed by atoms with E-state index in [1.807, 2.05) is 30.0 Å². The summed E-state index contributed by atoms with van der Waals surface area (Å²) in [4.78, 5) is 26.5. The fraction of sp³-hybridized carbons (Fsp3) is 0.591. The van der Waals surface area contributed by atoms with E-state index in [1.54, 1.807) is 6.07 Å². The van der Waals surface area contributed by atoms with E-state index in [0.717, 1.165) is 12.8 Å². The van der Waals surface area contributed by atoms with E-state index in [0.29, 0.717) is 55.6 Å². The van der Waals surface area contributed by atoms with E-state index in [2.05, 4.69) is 12.2 Å². The van der Waals surface area contributed by atoms with E-state index in [1.165, 1.54) is 12.8 Å². The van der Waals surface area contributed by atoms with Gasteiger partial charge in [-0.25, -0.2) is 0 Å². The molecule has 0 saturated carbocycles. The summed E-state index contributed by atoms with van der Waals surface area (Å²) in [5, 5.41) is 3.19. The Morgan fingerprint density at radius 2 is 1.86 bits per heavy atom. The van der Waals surface area contributed by atoms with Crippen LogP contribution in [0.5, 0.6) is 5.75 Å². The Morgan fingerprint density at radius 3 is 2.55 bits per heavy atom. The molecular weight excluding hydrogens is 388 g/mol. The van der Waals surface area contributed by atoms with Gasteiger partial charge in [-0.1, -0.05) is 38.3 Å². The minimum atomic E-state index is -0.272. The number of hydrogen-bond acceptors (Lipinski definition) is 5. The van der Waals surface area contributed by atoms with Crippen LogP contribution < -0.4 is 10.1 Å². The maximum absolute atomic E-state index is 12.7. The Labute approximate surface area is 178 Å². The van der Waals surface area contributed by atoms with Crippen molar-refractivity contribution in [2.45, 2.75) is 52.4 Å². The highest BCUT2D eigenvalue weighted by molar-refractivity contribution is 7.80. The number of para-hydroxylation sites is 1. The second-order valence-corrected chi connectivity index (χ2v) is 7.56. The summed E-state index contributed by atoms with van der Waals surface area (Å²) >= 11 is 5.42. The molecular formula is C22H32N2O4S. The summed E-state index contributed by atoms with van der Waals surface area (Å²) in [5.74, 6) is 0.0654. The van der Waals surface area contributed by atoms with Crippen LogP contribution in [0.15, 0.2) is 24.3 Å². The van der Waals surface area contributed by atoms with Gasteiger partial charge in [-0.2, -0.15) is 0 Å². The van der Waals surface area contributed by atoms with Crippen LogP contribution in [-0.2, 0) is 9.53 Å². The molecule has 0 atom stereocenters. The molecule has 0 aromatic heterocycles. The number of thiocarbonyl (C=S) groups is 1. The lowest BCUT2D eigenvalue weighted by Crippen LogP contribution is -2.47. The molecule has 1 amide bonds. The molecule has 1 aliphatic heterocycles. The molecule has 1 aromatic carbocycles. The second kappa shape index (κ2) is 12.4. The first kappa shape index (κ1) is 23.1. The lowest BCUT2D eigenvalue weighted by molar-refractivity contribution is -0.149. The number of nitrogens with zero attached hydrogens (tertiary/aromatic N) is 1. The molecule has 0 spiro atoms. The maximum atomic E-state index is 12.7. The third-order valence-electron chi connectivity index (χ3n) is 5.01. The Morgan fingerprint density at radius 1 is 1.14 bits per heavy atom. The summed E-state index contributed by atoms with van der Waals surface area (Å²) in [6, 6.07) is 7.22. The number of likely N-dealkylation sites (tertiary alicyclic amines) is 1. The first-order valence-electron chi connectivity index (χ1n) is 10.6. The Balaban J connectivity index is 1.85. The molecule has 160 valence electrons. The minimum Gasteiger partial charge on any atom is -0.493 e. The smallest absolute Gasteiger partial charge is 0.309 e. The number of unbranched alkanes of at least 4 members (excludes halogenated alkanes) is 3. The molecule has 0 unspecified atom stereocenters. The van der Waals surface area contributed by atoms with Gasteiger partial charge in [0.2, 0.25) is 0 Å². The summed E-state index contributed by atoms with van der Waals surface area (Å²) in [6.07, 6.45) is 5.80. The number of rotatable bonds is 9. The number of carbonyl (C=O) groups excluding carboxylic acids is 2. The van der Waals surface area contributed by atoms with Gasteiger partial charge in [-0.3, -0.25) is 14.9 Å². The average Bonchev–Trinajstić information content (AvgIpc) is 2.74. The molecule has 1 aromatic rings. The van der Waals surface area contributed by atoms with Gasteiger partial charge in [-0.05, 0) is 50.5 Å². The quantitative estimate of drug-likeness (QED) is 0.371. The van der Waals surface area contributed by atoms with Crippen LogP contribution in [0.2, 0.25) is 0 Å². The van der Waals surface area contributed by atoms with Crippen molar-refractivity contribution in [3.05, 3.63) is 29.8 Å². The fourth-order valence-corrected chi connectivity index (χ4v) is 3.59. The van der Waals surface area contributed by atoms with Crippen molar-refractivity contribution in [2.24, 2.45) is 5.92 Å². The predicted molar refractivity (Wildman–Crippen MR) is 117 cm³/mol. The van der Waals surface area contributed by atoms with Gasteiger partial charge in [0.15, 0.2) is 5.11 Å². The van der Waals surface area contributed by atoms with Crippen LogP contribution in [0, 0.1) is 5.92 Å². The first-order valence-corrected chi connectivity index (χ1v) is 11.0. The van der Waals surface area contributed by atoms with Crippen molar-refractivity contribution in [1.82, 2.24) is 10.2 Å². The van der Waals surface area contributed by atoms with Gasteiger partial charge in [0.25, 0.3) is 5.91 Å². The Hall–Kier alpha value is -2.15. The zero-order valence-electron chi connectivity index (χ0n) is 17.4. The maximum Gasteiger partial charge on any atom is 0.309 e. The van der Waals surface area contributed by atoms with E-state index in [9.17, 15) is 9.59 Å². The van der Waals surface area contributed by atoms with Crippen LogP contribution in [0.3, 0.4) is 0 Å². The standard InChI is InChI=1S/C22H32N2O4S/c1-3-5-6-9-16-28-19-11-8-7-10-18(19)20(25)23-22(29)24-14-12-17(13-15-24)21(26)27-4-2/h7-8,10-11,17H,3-6,9,12-16H2,1-2H3,(H,23,25,29). The summed E-state index contributed by atoms with van der Waals surface area (Å²) in [5.41, 5.74) is 0.478. The number of benzene rings is 1. The number of nitrogens with one attached hydrogen (secondary N) is 1. The minimum absolute atomic E-state index is 0.0912. The van der Waals surface area contributed by atoms with Gasteiger partial charge < -0.3 is 14.4 Å². The van der Waals surface area contributed by atoms with Crippen molar-refractivity contribution >= 4 is 29.2 Å². The molecule has 6 nitrogen and oxygen atoms in total. The Bertz CT molecular complexity index is 687. The normalized spacial score (nSPS) is 14.3. The Kier molecular flexibility index (Phi) is 9.91. The second-order valence-electron chi connectivity index (χ2n) is 7.18. The average molecular weight is 421 g/mol. The molecule has 1 heterocycles. The van der Waals surface area contributed by atoms with Crippen LogP contribution in [-0.4, -0.2) is 48.2 Å². The zero-order chi connectivity index (χ0) is 21.1. The zero-order valence-corrected chi connectivity index (χ0v) is 18.3. The van der Waals surface area contributed by atoms with Gasteiger partial charge in [0.1, 0.15) is 5.75 Å². The molecule has 1 fully saturated rings. The third-order valence-corrected chi connectivity index (χ3v) is 5.37. The monoisotopic (exact) mass is 420 g/mol. The molecule has 1 N–H and O–H groups in total. The molecule has 1 saturated heterocycles. The SMILES string of the molecule is CCCCCCOc1ccccc1C(=O)NC(=S)N1CCC(C(=O)OCC)CC1. The topological polar surface area (TPSA) is 67.9 Å². The number of ether oxygens (including phenoxy) is 2. The summed E-state index contributed by atoms with van der Waals surface area (Å²) in [6.45, 7) is 6.22. The van der Waals surface area contributed by atoms with Crippen LogP contribution in [0.1, 0.15) is 62.7 Å². The highest BCUT2D eigenvalue weighted by atomic mass is 32.1. The number of hydrogen-bond donors (Lipinski definition) is 1. The van der Waals surface area contributed by atoms with Crippen LogP contribution in [0.4, 0.5) is 0 Å². The fourth-order valence-electron chi connectivity index (χ4n) is 3.31. The van der Waals surface area contributed by atoms with Crippen molar-refractivity contribution in [2.75, 3.05) is 26.3 Å². The summed E-state index contributed by atoms with van der Waals surface area (Å²) < 4.78 is 10.9. The van der Waals surface area contributed by atoms with Gasteiger partial charge in [0.05, 0.1) is 24.7 Å². The molecule has 0 bridgehead atoms. The molecule has 0 aliphatic carbocycles. The molecule has 2 rings (SSSR count). The van der Waals surface area contributed by atoms with Gasteiger partial charge >= 0.3 is 5.97 Å². The molecule has 0 radical (unpaired) electrons. The van der Waals surface area contributed by atoms with Crippen LogP contribution in [0.25, 0.3) is 0 Å². The highest BCUT2D eigenvalue weighted by Crippen LogP contribution is 2.21. The predicted octanol–water partition coefficient (Wildman–Crippen LogP) is 3.94. The van der Waals surface area contributed by atoms with E-state index in [4.69, 9.17) is 21.7 Å². The lowest BCUT2D eigenvalue weighted by Gasteiger charge is -2.32. The molecule has 29 heavy (non-hydrogen) atoms. The number of piperidine rings is 1. The van der Waals surface area contributed by atoms with Crippen molar-refractivity contribution in [3.8, 4) is 5.75 Å². The van der Waals surface area contributed by atoms with Crippen molar-refractivity contribution in [3.63, 3.8) is 0 Å². The lowest BCUT2D eigenvalue weighted by atomic mass is 9.97. The van der Waals surface area contributed by atoms with E-state index >= 15 is 0 Å². The first-order chi connectivity index (χ1) is 14.1. The number of carbonyl (C=O) groups is 2. The largest absolute Gasteiger partial charge is 0.493 e. The molecule has 1 aliphatic rings. The van der Waals surface area contributed by atoms with Gasteiger partial charge in [0, 0.05) is 13.1 Å². The van der Waals surface area contributed by atoms with Crippen molar-refractivity contribution < 1.29 is 19.1 Å².